The molecule has 2 unspecified atom stereocenters. The number of allylic oxidation sites excluding steroid dienone is 1. The van der Waals surface area contributed by atoms with Crippen LogP contribution in [0.4, 0.5) is 0 Å². The standard InChI is InChI=1S/C14H28NO6P/c1-6-8-13(21-14(16)9-7-2)10-12(15(3,4)5)11-20-22(17,18)19/h7,9,12-13H,6,8,10-11H2,1-5H3,(H-,17,18,19)/p+1/b9-7-. The Morgan fingerprint density at radius 2 is 1.91 bits per heavy atom. The van der Waals surface area contributed by atoms with Gasteiger partial charge in [-0.1, -0.05) is 19.4 Å². The number of esters is 1. The Labute approximate surface area is 132 Å². The molecule has 0 radical (unpaired) electrons. The first-order chi connectivity index (χ1) is 9.99. The lowest BCUT2D eigenvalue weighted by Gasteiger charge is -2.35. The summed E-state index contributed by atoms with van der Waals surface area (Å²) in [6.07, 6.45) is 4.67. The number of hydrogen-bond acceptors (Lipinski definition) is 4. The van der Waals surface area contributed by atoms with Crippen molar-refractivity contribution >= 4 is 13.8 Å². The van der Waals surface area contributed by atoms with Gasteiger partial charge in [0.15, 0.2) is 0 Å². The first kappa shape index (κ1) is 21.3. The highest BCUT2D eigenvalue weighted by molar-refractivity contribution is 7.46. The number of likely N-dealkylation sites (N-methyl/N-ethyl adjacent to an activating group) is 1. The van der Waals surface area contributed by atoms with Crippen LogP contribution in [0.15, 0.2) is 12.2 Å². The topological polar surface area (TPSA) is 93.1 Å². The molecule has 0 spiro atoms. The second kappa shape index (κ2) is 9.43. The molecule has 22 heavy (non-hydrogen) atoms. The predicted molar refractivity (Wildman–Crippen MR) is 84.0 cm³/mol. The minimum absolute atomic E-state index is 0.102. The van der Waals surface area contributed by atoms with E-state index >= 15 is 0 Å². The van der Waals surface area contributed by atoms with Crippen molar-refractivity contribution in [3.63, 3.8) is 0 Å². The van der Waals surface area contributed by atoms with Gasteiger partial charge in [-0.2, -0.15) is 0 Å². The number of hydrogen-bond donors (Lipinski definition) is 2. The minimum atomic E-state index is -4.52. The van der Waals surface area contributed by atoms with Crippen molar-refractivity contribution in [2.75, 3.05) is 27.7 Å². The first-order valence-electron chi connectivity index (χ1n) is 7.34. The van der Waals surface area contributed by atoms with Gasteiger partial charge in [-0.25, -0.2) is 9.36 Å². The summed E-state index contributed by atoms with van der Waals surface area (Å²) in [5, 5.41) is 0. The van der Waals surface area contributed by atoms with Crippen LogP contribution in [-0.2, 0) is 18.6 Å². The van der Waals surface area contributed by atoms with E-state index in [0.717, 1.165) is 6.42 Å². The molecule has 0 amide bonds. The quantitative estimate of drug-likeness (QED) is 0.273. The molecule has 2 atom stereocenters. The van der Waals surface area contributed by atoms with Crippen molar-refractivity contribution in [3.8, 4) is 0 Å². The Morgan fingerprint density at radius 1 is 1.32 bits per heavy atom. The number of nitrogens with zero attached hydrogens (tertiary/aromatic N) is 1. The Morgan fingerprint density at radius 3 is 2.32 bits per heavy atom. The third kappa shape index (κ3) is 10.1. The van der Waals surface area contributed by atoms with E-state index in [1.165, 1.54) is 6.08 Å². The van der Waals surface area contributed by atoms with Crippen molar-refractivity contribution in [3.05, 3.63) is 12.2 Å². The second-order valence-corrected chi connectivity index (χ2v) is 7.38. The molecule has 0 fully saturated rings. The molecular formula is C14H29NO6P+. The van der Waals surface area contributed by atoms with E-state index in [9.17, 15) is 9.36 Å². The minimum Gasteiger partial charge on any atom is -0.459 e. The monoisotopic (exact) mass is 338 g/mol. The molecule has 0 bridgehead atoms. The molecule has 0 aromatic carbocycles. The highest BCUT2D eigenvalue weighted by Gasteiger charge is 2.31. The largest absolute Gasteiger partial charge is 0.469 e. The van der Waals surface area contributed by atoms with Crippen LogP contribution >= 0.6 is 7.82 Å². The average Bonchev–Trinajstić information content (AvgIpc) is 2.32. The molecular weight excluding hydrogens is 309 g/mol. The smallest absolute Gasteiger partial charge is 0.459 e. The normalized spacial score (nSPS) is 15.8. The lowest BCUT2D eigenvalue weighted by Crippen LogP contribution is -2.49. The lowest BCUT2D eigenvalue weighted by atomic mass is 10.0. The molecule has 0 aromatic heterocycles. The number of rotatable bonds is 10. The maximum atomic E-state index is 11.6. The Hall–Kier alpha value is -0.720. The molecule has 0 saturated heterocycles. The van der Waals surface area contributed by atoms with Crippen molar-refractivity contribution < 1.29 is 32.9 Å². The van der Waals surface area contributed by atoms with Crippen molar-refractivity contribution in [2.24, 2.45) is 0 Å². The van der Waals surface area contributed by atoms with Crippen LogP contribution < -0.4 is 0 Å². The maximum absolute atomic E-state index is 11.6. The van der Waals surface area contributed by atoms with E-state index in [1.807, 2.05) is 28.1 Å². The fraction of sp³-hybridized carbons (Fsp3) is 0.786. The van der Waals surface area contributed by atoms with Gasteiger partial charge < -0.3 is 19.0 Å². The van der Waals surface area contributed by atoms with E-state index in [2.05, 4.69) is 4.52 Å². The molecule has 0 aliphatic heterocycles. The van der Waals surface area contributed by atoms with E-state index < -0.39 is 13.8 Å². The van der Waals surface area contributed by atoms with Gasteiger partial charge in [0, 0.05) is 12.5 Å². The zero-order valence-electron chi connectivity index (χ0n) is 14.1. The Kier molecular flexibility index (Phi) is 9.12. The van der Waals surface area contributed by atoms with Crippen LogP contribution in [0.3, 0.4) is 0 Å². The number of carbonyl (C=O) groups is 1. The van der Waals surface area contributed by atoms with Gasteiger partial charge in [0.25, 0.3) is 0 Å². The summed E-state index contributed by atoms with van der Waals surface area (Å²) in [6, 6.07) is -0.206. The van der Waals surface area contributed by atoms with Gasteiger partial charge in [0.1, 0.15) is 18.8 Å². The fourth-order valence-corrected chi connectivity index (χ4v) is 2.35. The molecule has 2 N–H and O–H groups in total. The predicted octanol–water partition coefficient (Wildman–Crippen LogP) is 1.85. The maximum Gasteiger partial charge on any atom is 0.469 e. The van der Waals surface area contributed by atoms with Crippen LogP contribution in [0, 0.1) is 0 Å². The fourth-order valence-electron chi connectivity index (χ4n) is 1.98. The van der Waals surface area contributed by atoms with Gasteiger partial charge in [0.05, 0.1) is 21.1 Å². The first-order valence-corrected chi connectivity index (χ1v) is 8.87. The van der Waals surface area contributed by atoms with Gasteiger partial charge in [0.2, 0.25) is 0 Å². The number of ether oxygens (including phenoxy) is 1. The average molecular weight is 338 g/mol. The van der Waals surface area contributed by atoms with Crippen molar-refractivity contribution in [1.82, 2.24) is 0 Å². The highest BCUT2D eigenvalue weighted by Crippen LogP contribution is 2.36. The van der Waals surface area contributed by atoms with E-state index in [-0.39, 0.29) is 18.8 Å². The molecule has 0 rings (SSSR count). The second-order valence-electron chi connectivity index (χ2n) is 6.14. The third-order valence-electron chi connectivity index (χ3n) is 3.26. The number of carbonyl (C=O) groups excluding carboxylic acids is 1. The molecule has 0 aliphatic rings. The van der Waals surface area contributed by atoms with Crippen LogP contribution in [0.1, 0.15) is 33.1 Å². The lowest BCUT2D eigenvalue weighted by molar-refractivity contribution is -0.897. The SMILES string of the molecule is C/C=C\C(=O)OC(CCC)CC(COP(=O)(O)O)[N+](C)(C)C. The van der Waals surface area contributed by atoms with Crippen molar-refractivity contribution in [1.29, 1.82) is 0 Å². The van der Waals surface area contributed by atoms with Crippen LogP contribution in [0.2, 0.25) is 0 Å². The van der Waals surface area contributed by atoms with E-state index in [1.54, 1.807) is 13.0 Å². The highest BCUT2D eigenvalue weighted by atomic mass is 31.2. The molecule has 0 aromatic rings. The molecule has 130 valence electrons. The van der Waals surface area contributed by atoms with Crippen LogP contribution in [-0.4, -0.2) is 60.1 Å². The molecule has 0 heterocycles. The molecule has 8 heteroatoms. The van der Waals surface area contributed by atoms with Gasteiger partial charge in [-0.05, 0) is 13.3 Å². The zero-order chi connectivity index (χ0) is 17.4. The molecule has 0 aliphatic carbocycles. The Balaban J connectivity index is 4.89. The van der Waals surface area contributed by atoms with E-state index in [4.69, 9.17) is 14.5 Å². The zero-order valence-corrected chi connectivity index (χ0v) is 15.0. The summed E-state index contributed by atoms with van der Waals surface area (Å²) in [4.78, 5) is 29.4. The van der Waals surface area contributed by atoms with Gasteiger partial charge in [-0.3, -0.25) is 4.52 Å². The number of phosphoric ester groups is 1. The van der Waals surface area contributed by atoms with Crippen molar-refractivity contribution in [2.45, 2.75) is 45.3 Å². The number of phosphoric acid groups is 1. The van der Waals surface area contributed by atoms with E-state index in [0.29, 0.717) is 17.3 Å². The van der Waals surface area contributed by atoms with Crippen LogP contribution in [0.5, 0.6) is 0 Å². The molecule has 0 saturated carbocycles. The van der Waals surface area contributed by atoms with Crippen LogP contribution in [0.25, 0.3) is 0 Å². The summed E-state index contributed by atoms with van der Waals surface area (Å²) < 4.78 is 21.4. The summed E-state index contributed by atoms with van der Waals surface area (Å²) >= 11 is 0. The summed E-state index contributed by atoms with van der Waals surface area (Å²) in [5.41, 5.74) is 0. The summed E-state index contributed by atoms with van der Waals surface area (Å²) in [6.45, 7) is 3.62. The summed E-state index contributed by atoms with van der Waals surface area (Å²) in [5.74, 6) is -0.406. The molecule has 7 nitrogen and oxygen atoms in total. The number of quaternary nitrogens is 1. The van der Waals surface area contributed by atoms with Gasteiger partial charge >= 0.3 is 13.8 Å². The summed E-state index contributed by atoms with van der Waals surface area (Å²) in [7, 11) is 1.21. The Bertz CT molecular complexity index is 412. The van der Waals surface area contributed by atoms with Gasteiger partial charge in [-0.15, -0.1) is 0 Å². The third-order valence-corrected chi connectivity index (χ3v) is 3.75.